The minimum absolute atomic E-state index is 0.114. The van der Waals surface area contributed by atoms with Gasteiger partial charge in [0, 0.05) is 37.3 Å². The Morgan fingerprint density at radius 1 is 1.09 bits per heavy atom. The molecule has 6 aliphatic rings. The molecule has 1 amide bonds. The summed E-state index contributed by atoms with van der Waals surface area (Å²) in [6.07, 6.45) is 2.45. The van der Waals surface area contributed by atoms with Crippen molar-refractivity contribution < 1.29 is 33.5 Å². The summed E-state index contributed by atoms with van der Waals surface area (Å²) in [5.41, 5.74) is 0.397. The Morgan fingerprint density at radius 3 is 2.62 bits per heavy atom. The summed E-state index contributed by atoms with van der Waals surface area (Å²) < 4.78 is 24.4. The molecular formula is C26H35NO7. The van der Waals surface area contributed by atoms with Crippen LogP contribution in [-0.2, 0) is 35.2 Å². The Balaban J connectivity index is 1.15. The molecule has 8 heteroatoms. The van der Waals surface area contributed by atoms with Gasteiger partial charge in [-0.25, -0.2) is 9.78 Å². The van der Waals surface area contributed by atoms with Crippen LogP contribution in [0.15, 0.2) is 24.3 Å². The summed E-state index contributed by atoms with van der Waals surface area (Å²) >= 11 is 0. The second kappa shape index (κ2) is 8.45. The molecule has 5 aliphatic heterocycles. The molecule has 8 nitrogen and oxygen atoms in total. The first-order valence-electron chi connectivity index (χ1n) is 12.7. The van der Waals surface area contributed by atoms with Crippen LogP contribution in [0.1, 0.15) is 45.6 Å². The van der Waals surface area contributed by atoms with Crippen LogP contribution in [0.3, 0.4) is 0 Å². The van der Waals surface area contributed by atoms with E-state index < -0.39 is 24.0 Å². The summed E-state index contributed by atoms with van der Waals surface area (Å²) in [6, 6.07) is 7.75. The van der Waals surface area contributed by atoms with Gasteiger partial charge in [-0.15, -0.1) is 0 Å². The fourth-order valence-electron chi connectivity index (χ4n) is 6.74. The van der Waals surface area contributed by atoms with Crippen LogP contribution >= 0.6 is 0 Å². The molecule has 186 valence electrons. The lowest BCUT2D eigenvalue weighted by Gasteiger charge is -2.66. The second-order valence-electron chi connectivity index (χ2n) is 10.9. The average molecular weight is 474 g/mol. The Bertz CT molecular complexity index is 918. The summed E-state index contributed by atoms with van der Waals surface area (Å²) in [5, 5.41) is 0. The Morgan fingerprint density at radius 2 is 1.85 bits per heavy atom. The number of carbonyl (C=O) groups is 1. The van der Waals surface area contributed by atoms with Crippen LogP contribution in [0, 0.1) is 23.7 Å². The second-order valence-corrected chi connectivity index (χ2v) is 10.9. The van der Waals surface area contributed by atoms with Crippen LogP contribution in [0.25, 0.3) is 0 Å². The lowest BCUT2D eigenvalue weighted by Crippen LogP contribution is -2.76. The van der Waals surface area contributed by atoms with Crippen molar-refractivity contribution in [2.24, 2.45) is 23.7 Å². The maximum absolute atomic E-state index is 12.5. The van der Waals surface area contributed by atoms with E-state index in [1.807, 2.05) is 36.1 Å². The van der Waals surface area contributed by atoms with E-state index in [-0.39, 0.29) is 17.7 Å². The van der Waals surface area contributed by atoms with Crippen LogP contribution in [0.2, 0.25) is 0 Å². The first kappa shape index (κ1) is 22.7. The van der Waals surface area contributed by atoms with Crippen molar-refractivity contribution in [3.63, 3.8) is 0 Å². The molecule has 1 aromatic rings. The highest BCUT2D eigenvalue weighted by Gasteiger charge is 2.72. The summed E-state index contributed by atoms with van der Waals surface area (Å²) in [5.74, 6) is 1.29. The van der Waals surface area contributed by atoms with Gasteiger partial charge in [0.05, 0.1) is 19.6 Å². The van der Waals surface area contributed by atoms with Crippen molar-refractivity contribution in [3.8, 4) is 5.75 Å². The van der Waals surface area contributed by atoms with Gasteiger partial charge < -0.3 is 23.8 Å². The zero-order chi connectivity index (χ0) is 23.5. The van der Waals surface area contributed by atoms with Gasteiger partial charge in [-0.1, -0.05) is 26.0 Å². The van der Waals surface area contributed by atoms with E-state index in [2.05, 4.69) is 13.8 Å². The lowest BCUT2D eigenvalue weighted by molar-refractivity contribution is -0.614. The third-order valence-corrected chi connectivity index (χ3v) is 8.67. The first-order valence-corrected chi connectivity index (χ1v) is 12.7. The first-order chi connectivity index (χ1) is 16.4. The molecule has 1 spiro atoms. The number of hydrogen-bond acceptors (Lipinski definition) is 7. The topological polar surface area (TPSA) is 75.7 Å². The fraction of sp³-hybridized carbons (Fsp3) is 0.731. The van der Waals surface area contributed by atoms with E-state index in [0.717, 1.165) is 30.6 Å². The van der Waals surface area contributed by atoms with Crippen molar-refractivity contribution in [2.45, 2.75) is 70.4 Å². The van der Waals surface area contributed by atoms with Crippen LogP contribution in [-0.4, -0.2) is 61.1 Å². The number of hydrogen-bond donors (Lipinski definition) is 0. The van der Waals surface area contributed by atoms with Gasteiger partial charge in [-0.2, -0.15) is 0 Å². The number of ether oxygens (including phenoxy) is 4. The number of fused-ring (bicyclic) bond motifs is 1. The highest BCUT2D eigenvalue weighted by atomic mass is 17.3. The minimum atomic E-state index is -0.785. The monoisotopic (exact) mass is 473 g/mol. The van der Waals surface area contributed by atoms with E-state index in [0.29, 0.717) is 44.6 Å². The normalized spacial score (nSPS) is 43.3. The Kier molecular flexibility index (Phi) is 5.65. The van der Waals surface area contributed by atoms with Gasteiger partial charge in [-0.3, -0.25) is 4.79 Å². The molecule has 6 fully saturated rings. The van der Waals surface area contributed by atoms with Crippen LogP contribution < -0.4 is 4.74 Å². The number of benzene rings is 1. The van der Waals surface area contributed by atoms with Gasteiger partial charge in [0.1, 0.15) is 5.75 Å². The molecular weight excluding hydrogens is 438 g/mol. The van der Waals surface area contributed by atoms with Crippen LogP contribution in [0.5, 0.6) is 5.75 Å². The smallest absolute Gasteiger partial charge is 0.227 e. The molecule has 2 bridgehead atoms. The predicted molar refractivity (Wildman–Crippen MR) is 120 cm³/mol. The maximum atomic E-state index is 12.5. The lowest BCUT2D eigenvalue weighted by atomic mass is 9.56. The SMILES string of the molecule is C[C@@H]1CCC2[C@@H](C)[C@@H](Oc3ccc(CC(=O)N4CCOCC4)cc3)O[C@@H]3O[C@]4(C)CC1[C@@]23OO4. The summed E-state index contributed by atoms with van der Waals surface area (Å²) in [4.78, 5) is 26.3. The molecule has 2 unspecified atom stereocenters. The Hall–Kier alpha value is -1.71. The summed E-state index contributed by atoms with van der Waals surface area (Å²) in [7, 11) is 0. The molecule has 34 heavy (non-hydrogen) atoms. The molecule has 8 atom stereocenters. The average Bonchev–Trinajstić information content (AvgIpc) is 2.84. The molecule has 1 aromatic carbocycles. The van der Waals surface area contributed by atoms with Gasteiger partial charge in [0.2, 0.25) is 18.0 Å². The standard InChI is InChI=1S/C26H35NO7/c1-16-4-9-20-17(2)23(31-24-26(20)21(16)15-25(3,32-24)33-34-26)30-19-7-5-18(6-8-19)14-22(28)27-10-12-29-13-11-27/h5-8,16-17,20-21,23-24H,4,9-15H2,1-3H3/t16-,17-,20?,21?,23+,24-,25+,26+/m1/s1. The Labute approximate surface area is 200 Å². The molecule has 7 rings (SSSR count). The van der Waals surface area contributed by atoms with Gasteiger partial charge in [-0.05, 0) is 43.4 Å². The van der Waals surface area contributed by atoms with Gasteiger partial charge in [0.15, 0.2) is 11.9 Å². The highest BCUT2D eigenvalue weighted by Crippen LogP contribution is 2.62. The molecule has 0 N–H and O–H groups in total. The third-order valence-electron chi connectivity index (χ3n) is 8.67. The molecule has 5 heterocycles. The molecule has 1 saturated carbocycles. The molecule has 1 aliphatic carbocycles. The number of rotatable bonds is 4. The van der Waals surface area contributed by atoms with Gasteiger partial charge in [0.25, 0.3) is 0 Å². The summed E-state index contributed by atoms with van der Waals surface area (Å²) in [6.45, 7) is 8.96. The van der Waals surface area contributed by atoms with Crippen molar-refractivity contribution in [1.82, 2.24) is 4.90 Å². The third kappa shape index (κ3) is 3.66. The zero-order valence-electron chi connectivity index (χ0n) is 20.2. The number of morpholine rings is 1. The molecule has 0 aromatic heterocycles. The van der Waals surface area contributed by atoms with E-state index in [1.54, 1.807) is 0 Å². The highest BCUT2D eigenvalue weighted by molar-refractivity contribution is 5.78. The maximum Gasteiger partial charge on any atom is 0.227 e. The largest absolute Gasteiger partial charge is 0.465 e. The van der Waals surface area contributed by atoms with Crippen LogP contribution in [0.4, 0.5) is 0 Å². The van der Waals surface area contributed by atoms with E-state index in [9.17, 15) is 4.79 Å². The number of carbonyl (C=O) groups excluding carboxylic acids is 1. The predicted octanol–water partition coefficient (Wildman–Crippen LogP) is 3.28. The minimum Gasteiger partial charge on any atom is -0.465 e. The van der Waals surface area contributed by atoms with Crippen molar-refractivity contribution in [3.05, 3.63) is 29.8 Å². The number of nitrogens with zero attached hydrogens (tertiary/aromatic N) is 1. The van der Waals surface area contributed by atoms with E-state index >= 15 is 0 Å². The van der Waals surface area contributed by atoms with Gasteiger partial charge >= 0.3 is 0 Å². The number of amides is 1. The molecule has 5 saturated heterocycles. The fourth-order valence-corrected chi connectivity index (χ4v) is 6.74. The van der Waals surface area contributed by atoms with Crippen molar-refractivity contribution in [1.29, 1.82) is 0 Å². The van der Waals surface area contributed by atoms with Crippen molar-refractivity contribution in [2.75, 3.05) is 26.3 Å². The van der Waals surface area contributed by atoms with Crippen molar-refractivity contribution >= 4 is 5.91 Å². The quantitative estimate of drug-likeness (QED) is 0.621. The van der Waals surface area contributed by atoms with E-state index in [4.69, 9.17) is 28.7 Å². The van der Waals surface area contributed by atoms with E-state index in [1.165, 1.54) is 0 Å². The zero-order valence-corrected chi connectivity index (χ0v) is 20.2. The molecule has 0 radical (unpaired) electrons.